The molecule has 0 aromatic carbocycles. The van der Waals surface area contributed by atoms with Crippen molar-refractivity contribution < 1.29 is 5.02 Å². The highest BCUT2D eigenvalue weighted by atomic mass is 16.2. The van der Waals surface area contributed by atoms with Gasteiger partial charge in [0.05, 0.1) is 6.17 Å². The van der Waals surface area contributed by atoms with Crippen LogP contribution in [0.15, 0.2) is 11.8 Å². The zero-order valence-electron chi connectivity index (χ0n) is 5.88. The Morgan fingerprint density at radius 1 is 1.80 bits per heavy atom. The van der Waals surface area contributed by atoms with Crippen molar-refractivity contribution in [2.75, 3.05) is 6.54 Å². The largest absolute Gasteiger partial charge is 0.448 e. The molecule has 2 N–H and O–H groups in total. The Morgan fingerprint density at radius 3 is 3.50 bits per heavy atom. The van der Waals surface area contributed by atoms with Crippen LogP contribution in [0, 0.1) is 0 Å². The van der Waals surface area contributed by atoms with Crippen molar-refractivity contribution in [3.05, 3.63) is 11.8 Å². The third-order valence-corrected chi connectivity index (χ3v) is 2.23. The van der Waals surface area contributed by atoms with Gasteiger partial charge >= 0.3 is 7.48 Å². The molecule has 0 bridgehead atoms. The number of nitrogens with zero attached hydrogens (tertiary/aromatic N) is 1. The summed E-state index contributed by atoms with van der Waals surface area (Å²) in [7, 11) is 0.170. The van der Waals surface area contributed by atoms with Crippen molar-refractivity contribution in [3.8, 4) is 0 Å². The van der Waals surface area contributed by atoms with Gasteiger partial charge in [0, 0.05) is 18.3 Å². The van der Waals surface area contributed by atoms with Gasteiger partial charge in [-0.3, -0.25) is 0 Å². The zero-order valence-corrected chi connectivity index (χ0v) is 5.88. The normalized spacial score (nSPS) is 29.5. The third-order valence-electron chi connectivity index (χ3n) is 2.23. The number of hydrogen-bond acceptors (Lipinski definition) is 3. The summed E-state index contributed by atoms with van der Waals surface area (Å²) >= 11 is 0. The fourth-order valence-corrected chi connectivity index (χ4v) is 1.70. The lowest BCUT2D eigenvalue weighted by atomic mass is 9.96. The van der Waals surface area contributed by atoms with Crippen molar-refractivity contribution >= 4 is 7.48 Å². The number of hydrogen-bond donors (Lipinski definition) is 2. The minimum absolute atomic E-state index is 0.170. The SMILES string of the molecule is OBC1=CNC2CCCN12. The lowest BCUT2D eigenvalue weighted by Gasteiger charge is -2.19. The first-order valence-electron chi connectivity index (χ1n) is 3.74. The lowest BCUT2D eigenvalue weighted by molar-refractivity contribution is 0.341. The molecule has 0 aromatic heterocycles. The maximum Gasteiger partial charge on any atom is 0.323 e. The van der Waals surface area contributed by atoms with Crippen molar-refractivity contribution in [2.45, 2.75) is 19.0 Å². The van der Waals surface area contributed by atoms with E-state index in [4.69, 9.17) is 5.02 Å². The molecule has 1 unspecified atom stereocenters. The second-order valence-corrected chi connectivity index (χ2v) is 2.81. The predicted octanol–water partition coefficient (Wildman–Crippen LogP) is -0.846. The molecular weight excluding hydrogens is 127 g/mol. The Balaban J connectivity index is 2.10. The number of rotatable bonds is 1. The summed E-state index contributed by atoms with van der Waals surface area (Å²) < 4.78 is 0. The fraction of sp³-hybridized carbons (Fsp3) is 0.667. The van der Waals surface area contributed by atoms with Crippen LogP contribution in [0.5, 0.6) is 0 Å². The van der Waals surface area contributed by atoms with Gasteiger partial charge < -0.3 is 15.2 Å². The van der Waals surface area contributed by atoms with E-state index in [0.29, 0.717) is 6.17 Å². The van der Waals surface area contributed by atoms with E-state index in [1.54, 1.807) is 0 Å². The summed E-state index contributed by atoms with van der Waals surface area (Å²) in [4.78, 5) is 2.24. The maximum absolute atomic E-state index is 8.86. The molecule has 0 aromatic rings. The summed E-state index contributed by atoms with van der Waals surface area (Å²) in [5, 5.41) is 12.1. The topological polar surface area (TPSA) is 35.5 Å². The van der Waals surface area contributed by atoms with Crippen LogP contribution in [0.1, 0.15) is 12.8 Å². The molecule has 3 nitrogen and oxygen atoms in total. The number of nitrogens with one attached hydrogen (secondary N) is 1. The van der Waals surface area contributed by atoms with E-state index in [-0.39, 0.29) is 7.48 Å². The Morgan fingerprint density at radius 2 is 2.70 bits per heavy atom. The molecule has 0 saturated carbocycles. The van der Waals surface area contributed by atoms with E-state index in [1.165, 1.54) is 12.8 Å². The monoisotopic (exact) mass is 138 g/mol. The summed E-state index contributed by atoms with van der Waals surface area (Å²) in [5.41, 5.74) is 1.04. The maximum atomic E-state index is 8.86. The summed E-state index contributed by atoms with van der Waals surface area (Å²) in [6.45, 7) is 1.10. The molecular formula is C6H11BN2O. The van der Waals surface area contributed by atoms with Gasteiger partial charge in [-0.2, -0.15) is 0 Å². The van der Waals surface area contributed by atoms with E-state index < -0.39 is 0 Å². The molecule has 0 radical (unpaired) electrons. The molecule has 1 atom stereocenters. The molecule has 2 rings (SSSR count). The minimum Gasteiger partial charge on any atom is -0.448 e. The van der Waals surface area contributed by atoms with Gasteiger partial charge in [0.15, 0.2) is 0 Å². The Labute approximate surface area is 61.0 Å². The van der Waals surface area contributed by atoms with Crippen LogP contribution in [0.2, 0.25) is 0 Å². The molecule has 4 heteroatoms. The minimum atomic E-state index is 0.170. The van der Waals surface area contributed by atoms with Gasteiger partial charge in [0.2, 0.25) is 0 Å². The lowest BCUT2D eigenvalue weighted by Crippen LogP contribution is -2.31. The molecule has 2 aliphatic rings. The van der Waals surface area contributed by atoms with Crippen molar-refractivity contribution in [3.63, 3.8) is 0 Å². The molecule has 2 heterocycles. The molecule has 54 valence electrons. The van der Waals surface area contributed by atoms with Crippen LogP contribution in [-0.4, -0.2) is 30.1 Å². The highest BCUT2D eigenvalue weighted by Gasteiger charge is 2.29. The second kappa shape index (κ2) is 2.20. The first-order valence-corrected chi connectivity index (χ1v) is 3.74. The molecule has 1 fully saturated rings. The molecule has 0 spiro atoms. The fourth-order valence-electron chi connectivity index (χ4n) is 1.70. The van der Waals surface area contributed by atoms with E-state index in [2.05, 4.69) is 10.2 Å². The van der Waals surface area contributed by atoms with Crippen LogP contribution in [0.25, 0.3) is 0 Å². The summed E-state index contributed by atoms with van der Waals surface area (Å²) in [6, 6.07) is 0. The van der Waals surface area contributed by atoms with Gasteiger partial charge in [0.1, 0.15) is 0 Å². The molecule has 1 saturated heterocycles. The van der Waals surface area contributed by atoms with Crippen molar-refractivity contribution in [2.24, 2.45) is 0 Å². The average molecular weight is 138 g/mol. The van der Waals surface area contributed by atoms with E-state index in [0.717, 1.165) is 12.1 Å². The Hall–Kier alpha value is -0.635. The highest BCUT2D eigenvalue weighted by Crippen LogP contribution is 2.23. The van der Waals surface area contributed by atoms with Crippen molar-refractivity contribution in [1.29, 1.82) is 0 Å². The third kappa shape index (κ3) is 0.719. The second-order valence-electron chi connectivity index (χ2n) is 2.81. The first-order chi connectivity index (χ1) is 4.92. The number of fused-ring (bicyclic) bond motifs is 1. The molecule has 10 heavy (non-hydrogen) atoms. The highest BCUT2D eigenvalue weighted by molar-refractivity contribution is 6.36. The van der Waals surface area contributed by atoms with Crippen LogP contribution in [0.3, 0.4) is 0 Å². The summed E-state index contributed by atoms with van der Waals surface area (Å²) in [6.07, 6.45) is 4.86. The van der Waals surface area contributed by atoms with E-state index >= 15 is 0 Å². The molecule has 2 aliphatic heterocycles. The van der Waals surface area contributed by atoms with E-state index in [1.807, 2.05) is 6.20 Å². The van der Waals surface area contributed by atoms with Gasteiger partial charge in [-0.1, -0.05) is 0 Å². The zero-order chi connectivity index (χ0) is 6.97. The average Bonchev–Trinajstić information content (AvgIpc) is 2.44. The standard InChI is InChI=1S/C6H11BN2O/c10-7-5-4-8-6-2-1-3-9(5)6/h4,6-8,10H,1-3H2. The van der Waals surface area contributed by atoms with E-state index in [9.17, 15) is 0 Å². The van der Waals surface area contributed by atoms with Gasteiger partial charge in [-0.15, -0.1) is 0 Å². The van der Waals surface area contributed by atoms with Crippen LogP contribution in [-0.2, 0) is 0 Å². The predicted molar refractivity (Wildman–Crippen MR) is 40.3 cm³/mol. The summed E-state index contributed by atoms with van der Waals surface area (Å²) in [5.74, 6) is 0. The molecule has 0 aliphatic carbocycles. The van der Waals surface area contributed by atoms with Gasteiger partial charge in [-0.25, -0.2) is 0 Å². The van der Waals surface area contributed by atoms with Gasteiger partial charge in [0.25, 0.3) is 0 Å². The Bertz CT molecular complexity index is 171. The smallest absolute Gasteiger partial charge is 0.323 e. The van der Waals surface area contributed by atoms with Crippen LogP contribution >= 0.6 is 0 Å². The van der Waals surface area contributed by atoms with Gasteiger partial charge in [-0.05, 0) is 12.8 Å². The van der Waals surface area contributed by atoms with Crippen LogP contribution in [0.4, 0.5) is 0 Å². The quantitative estimate of drug-likeness (QED) is 0.463. The first kappa shape index (κ1) is 6.10. The van der Waals surface area contributed by atoms with Crippen LogP contribution < -0.4 is 5.32 Å². The molecule has 0 amide bonds. The Kier molecular flexibility index (Phi) is 1.34. The van der Waals surface area contributed by atoms with Crippen molar-refractivity contribution in [1.82, 2.24) is 10.2 Å².